The van der Waals surface area contributed by atoms with Gasteiger partial charge < -0.3 is 10.2 Å². The Morgan fingerprint density at radius 3 is 2.55 bits per heavy atom. The molecule has 0 aromatic rings. The molecule has 4 rings (SSSR count). The van der Waals surface area contributed by atoms with Crippen LogP contribution in [0.5, 0.6) is 0 Å². The largest absolute Gasteiger partial charge is 0.385 e. The summed E-state index contributed by atoms with van der Waals surface area (Å²) >= 11 is 0. The average Bonchev–Trinajstić information content (AvgIpc) is 3.05. The lowest BCUT2D eigenvalue weighted by molar-refractivity contribution is -0.162. The number of carbonyl (C=O) groups excluding carboxylic acids is 2. The van der Waals surface area contributed by atoms with Crippen LogP contribution in [0.3, 0.4) is 0 Å². The second-order valence-electron chi connectivity index (χ2n) is 12.4. The van der Waals surface area contributed by atoms with Crippen molar-refractivity contribution in [3.8, 4) is 0 Å². The number of hydrogen-bond donors (Lipinski definition) is 2. The first-order valence-corrected chi connectivity index (χ1v) is 12.6. The van der Waals surface area contributed by atoms with Gasteiger partial charge in [0.15, 0.2) is 11.6 Å². The minimum atomic E-state index is -1.48. The molecule has 0 aromatic carbocycles. The molecule has 4 aliphatic rings. The van der Waals surface area contributed by atoms with Gasteiger partial charge in [-0.15, -0.1) is 0 Å². The lowest BCUT2D eigenvalue weighted by Crippen LogP contribution is -2.57. The van der Waals surface area contributed by atoms with Crippen LogP contribution in [0.15, 0.2) is 12.2 Å². The van der Waals surface area contributed by atoms with Gasteiger partial charge in [0.25, 0.3) is 0 Å². The van der Waals surface area contributed by atoms with Crippen molar-refractivity contribution in [3.63, 3.8) is 0 Å². The molecule has 174 valence electrons. The lowest BCUT2D eigenvalue weighted by Gasteiger charge is -2.59. The minimum Gasteiger partial charge on any atom is -0.385 e. The average molecular weight is 431 g/mol. The Morgan fingerprint density at radius 1 is 1.16 bits per heavy atom. The molecule has 4 heteroatoms. The summed E-state index contributed by atoms with van der Waals surface area (Å²) in [5.74, 6) is 2.13. The van der Waals surface area contributed by atoms with E-state index < -0.39 is 11.7 Å². The molecule has 9 atom stereocenters. The molecule has 2 N–H and O–H groups in total. The van der Waals surface area contributed by atoms with Crippen LogP contribution in [0, 0.1) is 46.3 Å². The van der Waals surface area contributed by atoms with Crippen LogP contribution < -0.4 is 0 Å². The highest BCUT2D eigenvalue weighted by atomic mass is 16.3. The topological polar surface area (TPSA) is 74.6 Å². The number of Topliss-reactive ketones (excluding diaryl/α,β-unsaturated/α-hetero) is 1. The van der Waals surface area contributed by atoms with Crippen molar-refractivity contribution in [2.75, 3.05) is 0 Å². The highest BCUT2D eigenvalue weighted by molar-refractivity contribution is 5.91. The van der Waals surface area contributed by atoms with Gasteiger partial charge in [-0.05, 0) is 98.4 Å². The molecule has 3 saturated carbocycles. The Hall–Kier alpha value is -1.00. The maximum atomic E-state index is 13.1. The van der Waals surface area contributed by atoms with Gasteiger partial charge in [-0.1, -0.05) is 33.8 Å². The summed E-state index contributed by atoms with van der Waals surface area (Å²) in [6, 6.07) is 0. The zero-order valence-corrected chi connectivity index (χ0v) is 20.1. The van der Waals surface area contributed by atoms with E-state index in [-0.39, 0.29) is 34.2 Å². The van der Waals surface area contributed by atoms with Crippen LogP contribution >= 0.6 is 0 Å². The molecule has 0 heterocycles. The molecule has 0 saturated heterocycles. The van der Waals surface area contributed by atoms with E-state index in [1.165, 1.54) is 0 Å². The number of ketones is 2. The predicted octanol–water partition coefficient (Wildman–Crippen LogP) is 4.72. The maximum Gasteiger partial charge on any atom is 0.192 e. The molecule has 0 amide bonds. The van der Waals surface area contributed by atoms with E-state index in [2.05, 4.69) is 19.9 Å². The van der Waals surface area contributed by atoms with Gasteiger partial charge in [-0.2, -0.15) is 0 Å². The normalized spacial score (nSPS) is 44.9. The van der Waals surface area contributed by atoms with Gasteiger partial charge in [0, 0.05) is 12.3 Å². The highest BCUT2D eigenvalue weighted by Crippen LogP contribution is 2.67. The van der Waals surface area contributed by atoms with Gasteiger partial charge in [0.2, 0.25) is 0 Å². The van der Waals surface area contributed by atoms with Crippen LogP contribution in [0.1, 0.15) is 86.0 Å². The van der Waals surface area contributed by atoms with Crippen LogP contribution in [-0.2, 0) is 9.59 Å². The van der Waals surface area contributed by atoms with Crippen molar-refractivity contribution in [2.24, 2.45) is 46.3 Å². The third kappa shape index (κ3) is 3.57. The number of allylic oxidation sites excluding steroid dienone is 2. The zero-order valence-electron chi connectivity index (χ0n) is 20.1. The molecule has 0 spiro atoms. The van der Waals surface area contributed by atoms with Crippen molar-refractivity contribution in [1.29, 1.82) is 0 Å². The SMILES string of the molecule is CC(C)CC(O)C(=O)C(C)(O)C1CCC2C3CCC4CC(=O)C=CC4(C)C3CCC21C. The van der Waals surface area contributed by atoms with Crippen LogP contribution in [0.4, 0.5) is 0 Å². The van der Waals surface area contributed by atoms with Gasteiger partial charge in [-0.25, -0.2) is 0 Å². The second-order valence-corrected chi connectivity index (χ2v) is 12.4. The number of fused-ring (bicyclic) bond motifs is 5. The number of aliphatic hydroxyl groups excluding tert-OH is 1. The summed E-state index contributed by atoms with van der Waals surface area (Å²) in [5, 5.41) is 22.0. The molecule has 0 radical (unpaired) electrons. The molecular formula is C27H42O4. The van der Waals surface area contributed by atoms with E-state index in [0.717, 1.165) is 38.5 Å². The van der Waals surface area contributed by atoms with Gasteiger partial charge in [0.1, 0.15) is 11.7 Å². The molecular weight excluding hydrogens is 388 g/mol. The van der Waals surface area contributed by atoms with E-state index >= 15 is 0 Å². The minimum absolute atomic E-state index is 0.0741. The first kappa shape index (κ1) is 23.2. The predicted molar refractivity (Wildman–Crippen MR) is 121 cm³/mol. The Bertz CT molecular complexity index is 767. The highest BCUT2D eigenvalue weighted by Gasteiger charge is 2.63. The summed E-state index contributed by atoms with van der Waals surface area (Å²) < 4.78 is 0. The van der Waals surface area contributed by atoms with Crippen molar-refractivity contribution in [3.05, 3.63) is 12.2 Å². The van der Waals surface area contributed by atoms with Gasteiger partial charge in [0.05, 0.1) is 0 Å². The van der Waals surface area contributed by atoms with E-state index in [1.54, 1.807) is 6.92 Å². The number of carbonyl (C=O) groups is 2. The van der Waals surface area contributed by atoms with Gasteiger partial charge in [-0.3, -0.25) is 9.59 Å². The van der Waals surface area contributed by atoms with Gasteiger partial charge >= 0.3 is 0 Å². The summed E-state index contributed by atoms with van der Waals surface area (Å²) in [6.07, 6.45) is 10.3. The molecule has 9 unspecified atom stereocenters. The van der Waals surface area contributed by atoms with Crippen LogP contribution in [0.25, 0.3) is 0 Å². The number of aliphatic hydroxyl groups is 2. The van der Waals surface area contributed by atoms with E-state index in [9.17, 15) is 19.8 Å². The van der Waals surface area contributed by atoms with Crippen molar-refractivity contribution in [1.82, 2.24) is 0 Å². The third-order valence-electron chi connectivity index (χ3n) is 10.2. The number of rotatable bonds is 5. The smallest absolute Gasteiger partial charge is 0.192 e. The zero-order chi connectivity index (χ0) is 22.8. The Morgan fingerprint density at radius 2 is 1.87 bits per heavy atom. The fraction of sp³-hybridized carbons (Fsp3) is 0.852. The van der Waals surface area contributed by atoms with Crippen molar-refractivity contribution >= 4 is 11.6 Å². The molecule has 3 fully saturated rings. The second kappa shape index (κ2) is 7.80. The van der Waals surface area contributed by atoms with Crippen molar-refractivity contribution in [2.45, 2.75) is 97.7 Å². The summed E-state index contributed by atoms with van der Waals surface area (Å²) in [4.78, 5) is 25.1. The molecule has 0 aliphatic heterocycles. The van der Waals surface area contributed by atoms with E-state index in [0.29, 0.717) is 36.5 Å². The lowest BCUT2D eigenvalue weighted by atomic mass is 9.45. The van der Waals surface area contributed by atoms with Crippen LogP contribution in [0.2, 0.25) is 0 Å². The monoisotopic (exact) mass is 430 g/mol. The van der Waals surface area contributed by atoms with Crippen molar-refractivity contribution < 1.29 is 19.8 Å². The Labute approximate surface area is 187 Å². The first-order chi connectivity index (χ1) is 14.4. The standard InChI is InChI=1S/C27H42O4/c1-16(2)14-22(29)24(30)27(5,31)23-9-8-20-19-7-6-17-15-18(28)10-12-25(17,3)21(19)11-13-26(20,23)4/h10,12,16-17,19-23,29,31H,6-9,11,13-15H2,1-5H3. The summed E-state index contributed by atoms with van der Waals surface area (Å²) in [7, 11) is 0. The first-order valence-electron chi connectivity index (χ1n) is 12.6. The van der Waals surface area contributed by atoms with E-state index in [4.69, 9.17) is 0 Å². The van der Waals surface area contributed by atoms with Crippen LogP contribution in [-0.4, -0.2) is 33.5 Å². The fourth-order valence-corrected chi connectivity index (χ4v) is 8.62. The molecule has 0 aromatic heterocycles. The quantitative estimate of drug-likeness (QED) is 0.662. The molecule has 4 nitrogen and oxygen atoms in total. The Balaban J connectivity index is 1.58. The molecule has 0 bridgehead atoms. The fourth-order valence-electron chi connectivity index (χ4n) is 8.62. The Kier molecular flexibility index (Phi) is 5.83. The maximum absolute atomic E-state index is 13.1. The third-order valence-corrected chi connectivity index (χ3v) is 10.2. The molecule has 31 heavy (non-hydrogen) atoms. The van der Waals surface area contributed by atoms with E-state index in [1.807, 2.05) is 19.9 Å². The molecule has 4 aliphatic carbocycles. The summed E-state index contributed by atoms with van der Waals surface area (Å²) in [5.41, 5.74) is -1.46. The number of hydrogen-bond acceptors (Lipinski definition) is 4. The summed E-state index contributed by atoms with van der Waals surface area (Å²) in [6.45, 7) is 10.3.